The van der Waals surface area contributed by atoms with Gasteiger partial charge in [0.15, 0.2) is 11.5 Å². The van der Waals surface area contributed by atoms with Crippen molar-refractivity contribution in [2.75, 3.05) is 13.6 Å². The number of aromatic hydroxyl groups is 2. The van der Waals surface area contributed by atoms with Crippen molar-refractivity contribution in [3.63, 3.8) is 0 Å². The molecule has 0 spiro atoms. The van der Waals surface area contributed by atoms with Crippen molar-refractivity contribution in [1.82, 2.24) is 4.90 Å². The highest BCUT2D eigenvalue weighted by atomic mass is 16.3. The summed E-state index contributed by atoms with van der Waals surface area (Å²) in [5.41, 5.74) is 5.33. The fourth-order valence-corrected chi connectivity index (χ4v) is 3.27. The number of fused-ring (bicyclic) bond motifs is 1. The van der Waals surface area contributed by atoms with Gasteiger partial charge in [0.1, 0.15) is 0 Å². The molecule has 0 aromatic heterocycles. The Morgan fingerprint density at radius 2 is 1.90 bits per heavy atom. The number of hydrogen-bond acceptors (Lipinski definition) is 3. The molecule has 1 aliphatic rings. The van der Waals surface area contributed by atoms with Crippen LogP contribution in [-0.2, 0) is 6.42 Å². The Morgan fingerprint density at radius 1 is 1.14 bits per heavy atom. The van der Waals surface area contributed by atoms with Crippen molar-refractivity contribution in [2.24, 2.45) is 0 Å². The molecule has 0 unspecified atom stereocenters. The average Bonchev–Trinajstić information content (AvgIpc) is 2.47. The first-order valence-electron chi connectivity index (χ1n) is 7.34. The number of hydrogen-bond donors (Lipinski definition) is 2. The van der Waals surface area contributed by atoms with E-state index in [4.69, 9.17) is 0 Å². The molecule has 1 heterocycles. The van der Waals surface area contributed by atoms with Crippen LogP contribution in [0, 0.1) is 6.92 Å². The van der Waals surface area contributed by atoms with Gasteiger partial charge in [-0.15, -0.1) is 0 Å². The van der Waals surface area contributed by atoms with Crippen molar-refractivity contribution < 1.29 is 10.2 Å². The molecular weight excluding hydrogens is 262 g/mol. The van der Waals surface area contributed by atoms with E-state index >= 15 is 0 Å². The summed E-state index contributed by atoms with van der Waals surface area (Å²) in [4.78, 5) is 2.32. The minimum atomic E-state index is -0.0648. The molecule has 3 heteroatoms. The highest BCUT2D eigenvalue weighted by Crippen LogP contribution is 2.44. The van der Waals surface area contributed by atoms with Crippen LogP contribution in [0.1, 0.15) is 29.7 Å². The van der Waals surface area contributed by atoms with Gasteiger partial charge in [-0.3, -0.25) is 4.90 Å². The fourth-order valence-electron chi connectivity index (χ4n) is 3.27. The lowest BCUT2D eigenvalue weighted by Crippen LogP contribution is -2.30. The molecular formula is C18H21NO2. The maximum absolute atomic E-state index is 10.3. The molecule has 21 heavy (non-hydrogen) atoms. The summed E-state index contributed by atoms with van der Waals surface area (Å²) in [6, 6.07) is 9.93. The Labute approximate surface area is 125 Å². The van der Waals surface area contributed by atoms with Crippen molar-refractivity contribution in [3.05, 3.63) is 47.0 Å². The molecule has 1 aliphatic heterocycles. The molecule has 0 amide bonds. The minimum absolute atomic E-state index is 0.0242. The Morgan fingerprint density at radius 3 is 2.67 bits per heavy atom. The van der Waals surface area contributed by atoms with Crippen LogP contribution in [0.3, 0.4) is 0 Å². The highest BCUT2D eigenvalue weighted by Gasteiger charge is 2.26. The number of aryl methyl sites for hydroxylation is 1. The van der Waals surface area contributed by atoms with Gasteiger partial charge >= 0.3 is 0 Å². The van der Waals surface area contributed by atoms with E-state index in [-0.39, 0.29) is 11.5 Å². The lowest BCUT2D eigenvalue weighted by Gasteiger charge is -2.34. The van der Waals surface area contributed by atoms with Gasteiger partial charge in [0.05, 0.1) is 0 Å². The number of phenolic OH excluding ortho intramolecular Hbond substituents is 2. The van der Waals surface area contributed by atoms with Crippen LogP contribution in [0.2, 0.25) is 0 Å². The van der Waals surface area contributed by atoms with Gasteiger partial charge < -0.3 is 10.2 Å². The van der Waals surface area contributed by atoms with Crippen LogP contribution in [0.15, 0.2) is 30.3 Å². The highest BCUT2D eigenvalue weighted by molar-refractivity contribution is 5.80. The van der Waals surface area contributed by atoms with Crippen LogP contribution in [0.4, 0.5) is 0 Å². The van der Waals surface area contributed by atoms with E-state index in [0.717, 1.165) is 29.7 Å². The molecule has 3 nitrogen and oxygen atoms in total. The fraction of sp³-hybridized carbons (Fsp3) is 0.333. The summed E-state index contributed by atoms with van der Waals surface area (Å²) in [5.74, 6) is -0.0890. The minimum Gasteiger partial charge on any atom is -0.504 e. The van der Waals surface area contributed by atoms with Crippen molar-refractivity contribution >= 4 is 0 Å². The summed E-state index contributed by atoms with van der Waals surface area (Å²) in [5, 5.41) is 20.2. The third-order valence-electron chi connectivity index (χ3n) is 4.64. The van der Waals surface area contributed by atoms with Crippen molar-refractivity contribution in [3.8, 4) is 22.6 Å². The van der Waals surface area contributed by atoms with Gasteiger partial charge in [-0.1, -0.05) is 24.3 Å². The molecule has 2 N–H and O–H groups in total. The zero-order chi connectivity index (χ0) is 15.1. The van der Waals surface area contributed by atoms with E-state index in [2.05, 4.69) is 24.9 Å². The SMILES string of the molecule is Cc1ccc(O)c(O)c1-c1cccc2c1[C@@H](C)N(C)CC2. The van der Waals surface area contributed by atoms with E-state index in [1.165, 1.54) is 11.1 Å². The topological polar surface area (TPSA) is 43.7 Å². The zero-order valence-corrected chi connectivity index (χ0v) is 12.7. The Kier molecular flexibility index (Phi) is 3.38. The second kappa shape index (κ2) is 5.08. The summed E-state index contributed by atoms with van der Waals surface area (Å²) in [6.45, 7) is 5.20. The van der Waals surface area contributed by atoms with Gasteiger partial charge in [0.25, 0.3) is 0 Å². The van der Waals surface area contributed by atoms with Crippen molar-refractivity contribution in [1.29, 1.82) is 0 Å². The third kappa shape index (κ3) is 2.18. The maximum atomic E-state index is 10.3. The smallest absolute Gasteiger partial charge is 0.165 e. The molecule has 3 rings (SSSR count). The van der Waals surface area contributed by atoms with Crippen molar-refractivity contribution in [2.45, 2.75) is 26.3 Å². The molecule has 110 valence electrons. The molecule has 0 bridgehead atoms. The summed E-state index contributed by atoms with van der Waals surface area (Å²) in [6.07, 6.45) is 1.02. The Balaban J connectivity index is 2.28. The maximum Gasteiger partial charge on any atom is 0.165 e. The second-order valence-corrected chi connectivity index (χ2v) is 5.91. The van der Waals surface area contributed by atoms with Crippen LogP contribution in [0.25, 0.3) is 11.1 Å². The van der Waals surface area contributed by atoms with E-state index < -0.39 is 0 Å². The number of nitrogens with zero attached hydrogens (tertiary/aromatic N) is 1. The number of rotatable bonds is 1. The van der Waals surface area contributed by atoms with E-state index in [9.17, 15) is 10.2 Å². The monoisotopic (exact) mass is 283 g/mol. The van der Waals surface area contributed by atoms with E-state index in [0.29, 0.717) is 6.04 Å². The standard InChI is InChI=1S/C18H21NO2/c1-11-7-8-15(20)18(21)16(11)14-6-4-5-13-9-10-19(3)12(2)17(13)14/h4-8,12,20-21H,9-10H2,1-3H3/t12-/m1/s1. The summed E-state index contributed by atoms with van der Waals surface area (Å²) in [7, 11) is 2.12. The van der Waals surface area contributed by atoms with Gasteiger partial charge in [-0.2, -0.15) is 0 Å². The number of benzene rings is 2. The second-order valence-electron chi connectivity index (χ2n) is 5.91. The predicted octanol–water partition coefficient (Wildman–Crippen LogP) is 3.62. The zero-order valence-electron chi connectivity index (χ0n) is 12.7. The van der Waals surface area contributed by atoms with Gasteiger partial charge in [0, 0.05) is 18.2 Å². The molecule has 2 aromatic rings. The largest absolute Gasteiger partial charge is 0.504 e. The first kappa shape index (κ1) is 14.0. The first-order valence-corrected chi connectivity index (χ1v) is 7.34. The van der Waals surface area contributed by atoms with Crippen LogP contribution >= 0.6 is 0 Å². The molecule has 1 atom stereocenters. The lowest BCUT2D eigenvalue weighted by molar-refractivity contribution is 0.248. The van der Waals surface area contributed by atoms with E-state index in [1.54, 1.807) is 6.07 Å². The number of phenols is 2. The van der Waals surface area contributed by atoms with Gasteiger partial charge in [-0.05, 0) is 55.6 Å². The molecule has 0 saturated heterocycles. The Bertz CT molecular complexity index is 694. The summed E-state index contributed by atoms with van der Waals surface area (Å²) >= 11 is 0. The normalized spacial score (nSPS) is 18.5. The summed E-state index contributed by atoms with van der Waals surface area (Å²) < 4.78 is 0. The first-order chi connectivity index (χ1) is 10.0. The third-order valence-corrected chi connectivity index (χ3v) is 4.64. The lowest BCUT2D eigenvalue weighted by atomic mass is 9.85. The van der Waals surface area contributed by atoms with Crippen LogP contribution < -0.4 is 0 Å². The van der Waals surface area contributed by atoms with Gasteiger partial charge in [-0.25, -0.2) is 0 Å². The van der Waals surface area contributed by atoms with E-state index in [1.807, 2.05) is 25.1 Å². The molecule has 0 aliphatic carbocycles. The van der Waals surface area contributed by atoms with Crippen LogP contribution in [0.5, 0.6) is 11.5 Å². The quantitative estimate of drug-likeness (QED) is 0.786. The molecule has 0 radical (unpaired) electrons. The Hall–Kier alpha value is -2.00. The average molecular weight is 283 g/mol. The van der Waals surface area contributed by atoms with Crippen LogP contribution in [-0.4, -0.2) is 28.7 Å². The number of likely N-dealkylation sites (N-methyl/N-ethyl adjacent to an activating group) is 1. The molecule has 0 fully saturated rings. The predicted molar refractivity (Wildman–Crippen MR) is 84.7 cm³/mol. The molecule has 0 saturated carbocycles. The molecule has 2 aromatic carbocycles. The van der Waals surface area contributed by atoms with Gasteiger partial charge in [0.2, 0.25) is 0 Å².